The van der Waals surface area contributed by atoms with Gasteiger partial charge >= 0.3 is 0 Å². The van der Waals surface area contributed by atoms with Gasteiger partial charge in [0.2, 0.25) is 0 Å². The van der Waals surface area contributed by atoms with Crippen molar-refractivity contribution in [3.63, 3.8) is 0 Å². The zero-order valence-electron chi connectivity index (χ0n) is 5.84. The first-order valence-corrected chi connectivity index (χ1v) is 4.43. The van der Waals surface area contributed by atoms with Gasteiger partial charge in [-0.1, -0.05) is 0 Å². The zero-order chi connectivity index (χ0) is 5.84. The van der Waals surface area contributed by atoms with E-state index in [9.17, 15) is 0 Å². The maximum atomic E-state index is 1.62. The lowest BCUT2D eigenvalue weighted by Gasteiger charge is -2.34. The molecule has 0 aromatic carbocycles. The Morgan fingerprint density at radius 3 is 1.33 bits per heavy atom. The second-order valence-corrected chi connectivity index (χ2v) is 4.32. The molecule has 4 aliphatic rings. The Balaban J connectivity index is 2.01. The maximum Gasteiger partial charge on any atom is -0.0380 e. The fraction of sp³-hybridized carbons (Fsp3) is 1.00. The van der Waals surface area contributed by atoms with Crippen molar-refractivity contribution in [2.45, 2.75) is 32.1 Å². The predicted octanol–water partition coefficient (Wildman–Crippen LogP) is 2.44. The molecule has 9 heavy (non-hydrogen) atoms. The van der Waals surface area contributed by atoms with Gasteiger partial charge in [-0.2, -0.15) is 0 Å². The lowest BCUT2D eigenvalue weighted by Crippen LogP contribution is -2.24. The number of hydrogen-bond acceptors (Lipinski definition) is 0. The van der Waals surface area contributed by atoms with Gasteiger partial charge in [0.1, 0.15) is 0 Å². The summed E-state index contributed by atoms with van der Waals surface area (Å²) in [6.45, 7) is 0. The minimum Gasteiger partial charge on any atom is -0.0499 e. The normalized spacial score (nSPS) is 61.3. The van der Waals surface area contributed by atoms with Gasteiger partial charge in [0.25, 0.3) is 0 Å². The largest absolute Gasteiger partial charge is 0.0499 e. The Labute approximate surface area is 56.6 Å². The average Bonchev–Trinajstić information content (AvgIpc) is 2.40. The minimum absolute atomic E-state index is 1.19. The standard InChI is InChI=1S/C9H14/c1-2-7-4-8-5-9(7)3-6(1)8/h6-9H,1-5H2/t6-,7-,8+,9+/m0/s1. The van der Waals surface area contributed by atoms with Crippen LogP contribution in [-0.2, 0) is 0 Å². The first kappa shape index (κ1) is 4.76. The summed E-state index contributed by atoms with van der Waals surface area (Å²) < 4.78 is 0. The average molecular weight is 122 g/mol. The molecule has 0 saturated heterocycles. The molecule has 0 heteroatoms. The van der Waals surface area contributed by atoms with Crippen molar-refractivity contribution in [3.05, 3.63) is 0 Å². The van der Waals surface area contributed by atoms with Gasteiger partial charge in [-0.15, -0.1) is 0 Å². The van der Waals surface area contributed by atoms with Crippen molar-refractivity contribution in [1.82, 2.24) is 0 Å². The van der Waals surface area contributed by atoms with Crippen LogP contribution in [0.3, 0.4) is 0 Å². The van der Waals surface area contributed by atoms with Gasteiger partial charge in [0.15, 0.2) is 0 Å². The molecule has 4 fully saturated rings. The molecule has 4 saturated carbocycles. The Morgan fingerprint density at radius 2 is 1.00 bits per heavy atom. The summed E-state index contributed by atoms with van der Waals surface area (Å²) in [4.78, 5) is 0. The fourth-order valence-electron chi connectivity index (χ4n) is 3.65. The van der Waals surface area contributed by atoms with Crippen LogP contribution in [0.5, 0.6) is 0 Å². The highest BCUT2D eigenvalue weighted by molar-refractivity contribution is 4.99. The third-order valence-corrected chi connectivity index (χ3v) is 4.06. The second-order valence-electron chi connectivity index (χ2n) is 4.32. The van der Waals surface area contributed by atoms with Crippen LogP contribution in [0.15, 0.2) is 0 Å². The second kappa shape index (κ2) is 1.36. The molecule has 4 rings (SSSR count). The molecular formula is C9H14. The van der Waals surface area contributed by atoms with Gasteiger partial charge in [-0.05, 0) is 55.8 Å². The Hall–Kier alpha value is 0. The minimum atomic E-state index is 1.19. The molecule has 0 aliphatic heterocycles. The lowest BCUT2D eigenvalue weighted by molar-refractivity contribution is 0.161. The molecule has 0 aromatic heterocycles. The highest BCUT2D eigenvalue weighted by atomic mass is 14.5. The van der Waals surface area contributed by atoms with E-state index in [4.69, 9.17) is 0 Å². The molecule has 4 bridgehead atoms. The Morgan fingerprint density at radius 1 is 0.556 bits per heavy atom. The third kappa shape index (κ3) is 0.461. The van der Waals surface area contributed by atoms with Gasteiger partial charge in [-0.25, -0.2) is 0 Å². The van der Waals surface area contributed by atoms with E-state index in [1.165, 1.54) is 23.7 Å². The zero-order valence-corrected chi connectivity index (χ0v) is 5.84. The molecular weight excluding hydrogens is 108 g/mol. The number of fused-ring (bicyclic) bond motifs is 1. The van der Waals surface area contributed by atoms with Gasteiger partial charge < -0.3 is 0 Å². The van der Waals surface area contributed by atoms with Crippen LogP contribution in [0, 0.1) is 23.7 Å². The molecule has 0 aromatic rings. The first-order chi connectivity index (χ1) is 4.43. The van der Waals surface area contributed by atoms with E-state index in [1.807, 2.05) is 0 Å². The molecule has 0 radical (unpaired) electrons. The molecule has 4 aliphatic carbocycles. The van der Waals surface area contributed by atoms with Crippen molar-refractivity contribution in [1.29, 1.82) is 0 Å². The summed E-state index contributed by atoms with van der Waals surface area (Å²) in [5, 5.41) is 0. The van der Waals surface area contributed by atoms with E-state index in [-0.39, 0.29) is 0 Å². The van der Waals surface area contributed by atoms with Crippen molar-refractivity contribution in [3.8, 4) is 0 Å². The number of rotatable bonds is 0. The highest BCUT2D eigenvalue weighted by Crippen LogP contribution is 2.59. The Bertz CT molecular complexity index is 111. The SMILES string of the molecule is C1C[C@H]2C[C@@H]3C[C@H]2C[C@H]13. The van der Waals surface area contributed by atoms with Crippen LogP contribution in [0.25, 0.3) is 0 Å². The molecule has 0 amide bonds. The van der Waals surface area contributed by atoms with Crippen LogP contribution in [0.4, 0.5) is 0 Å². The maximum absolute atomic E-state index is 1.62. The van der Waals surface area contributed by atoms with Gasteiger partial charge in [-0.3, -0.25) is 0 Å². The van der Waals surface area contributed by atoms with Gasteiger partial charge in [0.05, 0.1) is 0 Å². The van der Waals surface area contributed by atoms with Crippen LogP contribution >= 0.6 is 0 Å². The fourth-order valence-corrected chi connectivity index (χ4v) is 3.65. The topological polar surface area (TPSA) is 0 Å². The molecule has 0 heterocycles. The molecule has 0 N–H and O–H groups in total. The van der Waals surface area contributed by atoms with Crippen molar-refractivity contribution >= 4 is 0 Å². The summed E-state index contributed by atoms with van der Waals surface area (Å²) in [7, 11) is 0. The summed E-state index contributed by atoms with van der Waals surface area (Å²) in [5.41, 5.74) is 0. The van der Waals surface area contributed by atoms with Crippen molar-refractivity contribution < 1.29 is 0 Å². The lowest BCUT2D eigenvalue weighted by atomic mass is 9.71. The predicted molar refractivity (Wildman–Crippen MR) is 37.0 cm³/mol. The summed E-state index contributed by atoms with van der Waals surface area (Å²) >= 11 is 0. The number of hydrogen-bond donors (Lipinski definition) is 0. The molecule has 0 spiro atoms. The van der Waals surface area contributed by atoms with E-state index in [0.717, 1.165) is 0 Å². The summed E-state index contributed by atoms with van der Waals surface area (Å²) in [6, 6.07) is 0. The van der Waals surface area contributed by atoms with Crippen LogP contribution in [-0.4, -0.2) is 0 Å². The van der Waals surface area contributed by atoms with Crippen molar-refractivity contribution in [2.24, 2.45) is 23.7 Å². The molecule has 0 unspecified atom stereocenters. The third-order valence-electron chi connectivity index (χ3n) is 4.06. The van der Waals surface area contributed by atoms with Gasteiger partial charge in [0, 0.05) is 0 Å². The smallest absolute Gasteiger partial charge is 0.0380 e. The summed E-state index contributed by atoms with van der Waals surface area (Å²) in [5.74, 6) is 4.79. The van der Waals surface area contributed by atoms with E-state index < -0.39 is 0 Å². The van der Waals surface area contributed by atoms with Crippen LogP contribution in [0.1, 0.15) is 32.1 Å². The quantitative estimate of drug-likeness (QED) is 0.463. The van der Waals surface area contributed by atoms with E-state index >= 15 is 0 Å². The van der Waals surface area contributed by atoms with Crippen molar-refractivity contribution in [2.75, 3.05) is 0 Å². The molecule has 50 valence electrons. The first-order valence-electron chi connectivity index (χ1n) is 4.43. The van der Waals surface area contributed by atoms with Crippen LogP contribution in [0.2, 0.25) is 0 Å². The highest BCUT2D eigenvalue weighted by Gasteiger charge is 2.48. The van der Waals surface area contributed by atoms with E-state index in [0.29, 0.717) is 0 Å². The van der Waals surface area contributed by atoms with Crippen LogP contribution < -0.4 is 0 Å². The monoisotopic (exact) mass is 122 g/mol. The summed E-state index contributed by atoms with van der Waals surface area (Å²) in [6.07, 6.45) is 8.04. The molecule has 4 atom stereocenters. The van der Waals surface area contributed by atoms with E-state index in [1.54, 1.807) is 32.1 Å². The molecule has 0 nitrogen and oxygen atoms in total. The van der Waals surface area contributed by atoms with E-state index in [2.05, 4.69) is 0 Å². The Kier molecular flexibility index (Phi) is 0.717.